The van der Waals surface area contributed by atoms with Crippen LogP contribution >= 0.6 is 0 Å². The molecule has 3 aromatic carbocycles. The molecule has 14 nitrogen and oxygen atoms in total. The smallest absolute Gasteiger partial charge is 0.251 e. The first kappa shape index (κ1) is 39.7. The number of nitrogens with one attached hydrogen (secondary N) is 5. The zero-order valence-electron chi connectivity index (χ0n) is 30.6. The van der Waals surface area contributed by atoms with Crippen molar-refractivity contribution in [3.8, 4) is 11.5 Å². The van der Waals surface area contributed by atoms with Crippen molar-refractivity contribution in [2.24, 2.45) is 5.92 Å². The predicted octanol–water partition coefficient (Wildman–Crippen LogP) is 1.71. The number of rotatable bonds is 22. The molecular weight excluding hydrogens is 694 g/mol. The molecule has 0 aromatic heterocycles. The van der Waals surface area contributed by atoms with E-state index in [2.05, 4.69) is 26.6 Å². The molecule has 0 saturated carbocycles. The van der Waals surface area contributed by atoms with E-state index in [0.717, 1.165) is 23.5 Å². The van der Waals surface area contributed by atoms with Crippen LogP contribution in [0.5, 0.6) is 11.5 Å². The molecule has 288 valence electrons. The number of epoxide rings is 2. The first-order chi connectivity index (χ1) is 26.1. The number of carbonyl (C=O) groups is 5. The lowest BCUT2D eigenvalue weighted by atomic mass is 10.0. The Morgan fingerprint density at radius 2 is 1.26 bits per heavy atom. The summed E-state index contributed by atoms with van der Waals surface area (Å²) in [5.74, 6) is -1.14. The minimum atomic E-state index is -1.05. The lowest BCUT2D eigenvalue weighted by Gasteiger charge is -2.24. The quantitative estimate of drug-likeness (QED) is 0.0955. The van der Waals surface area contributed by atoms with Crippen LogP contribution in [0.4, 0.5) is 0 Å². The Morgan fingerprint density at radius 3 is 1.85 bits per heavy atom. The highest BCUT2D eigenvalue weighted by molar-refractivity contribution is 5.97. The van der Waals surface area contributed by atoms with E-state index >= 15 is 0 Å². The van der Waals surface area contributed by atoms with Gasteiger partial charge in [-0.25, -0.2) is 0 Å². The molecule has 0 aliphatic carbocycles. The van der Waals surface area contributed by atoms with Crippen molar-refractivity contribution in [3.63, 3.8) is 0 Å². The SMILES string of the molecule is CC(C)CC(NC(=O)C(Cc1ccccc1)NC(=O)CNC(=O)c1ccc(OCC2CO2)cc1)C(=O)NCC(=O)NCCc1ccc(OCC2CO2)cc1. The maximum atomic E-state index is 13.7. The van der Waals surface area contributed by atoms with Crippen LogP contribution in [0, 0.1) is 5.92 Å². The molecule has 54 heavy (non-hydrogen) atoms. The summed E-state index contributed by atoms with van der Waals surface area (Å²) in [5, 5.41) is 13.5. The third-order valence-electron chi connectivity index (χ3n) is 8.56. The molecule has 4 atom stereocenters. The van der Waals surface area contributed by atoms with Gasteiger partial charge in [-0.1, -0.05) is 56.3 Å². The van der Waals surface area contributed by atoms with Crippen molar-refractivity contribution in [2.75, 3.05) is 46.1 Å². The van der Waals surface area contributed by atoms with E-state index in [9.17, 15) is 24.0 Å². The minimum absolute atomic E-state index is 0.0268. The lowest BCUT2D eigenvalue weighted by molar-refractivity contribution is -0.132. The number of hydrogen-bond donors (Lipinski definition) is 5. The van der Waals surface area contributed by atoms with Gasteiger partial charge in [0.15, 0.2) is 0 Å². The van der Waals surface area contributed by atoms with Crippen LogP contribution in [0.15, 0.2) is 78.9 Å². The summed E-state index contributed by atoms with van der Waals surface area (Å²) < 4.78 is 21.5. The van der Waals surface area contributed by atoms with Gasteiger partial charge in [-0.2, -0.15) is 0 Å². The topological polar surface area (TPSA) is 189 Å². The molecule has 14 heteroatoms. The number of carbonyl (C=O) groups excluding carboxylic acids is 5. The Balaban J connectivity index is 1.09. The highest BCUT2D eigenvalue weighted by Crippen LogP contribution is 2.17. The molecular formula is C40H49N5O9. The van der Waals surface area contributed by atoms with Gasteiger partial charge in [0.1, 0.15) is 49.0 Å². The summed E-state index contributed by atoms with van der Waals surface area (Å²) in [5.41, 5.74) is 2.14. The van der Waals surface area contributed by atoms with Crippen molar-refractivity contribution in [2.45, 2.75) is 57.4 Å². The van der Waals surface area contributed by atoms with Gasteiger partial charge < -0.3 is 45.5 Å². The molecule has 2 aliphatic rings. The largest absolute Gasteiger partial charge is 0.491 e. The number of ether oxygens (including phenoxy) is 4. The van der Waals surface area contributed by atoms with Gasteiger partial charge in [-0.15, -0.1) is 0 Å². The molecule has 2 heterocycles. The number of hydrogen-bond acceptors (Lipinski definition) is 9. The fraction of sp³-hybridized carbons (Fsp3) is 0.425. The Hall–Kier alpha value is -5.47. The van der Waals surface area contributed by atoms with Crippen molar-refractivity contribution in [1.82, 2.24) is 26.6 Å². The fourth-order valence-electron chi connectivity index (χ4n) is 5.40. The van der Waals surface area contributed by atoms with Gasteiger partial charge in [0.05, 0.1) is 26.3 Å². The van der Waals surface area contributed by atoms with Crippen LogP contribution in [0.1, 0.15) is 41.8 Å². The molecule has 0 radical (unpaired) electrons. The maximum absolute atomic E-state index is 13.7. The van der Waals surface area contributed by atoms with Crippen molar-refractivity contribution in [3.05, 3.63) is 95.6 Å². The fourth-order valence-corrected chi connectivity index (χ4v) is 5.40. The van der Waals surface area contributed by atoms with E-state index in [0.29, 0.717) is 50.5 Å². The Morgan fingerprint density at radius 1 is 0.667 bits per heavy atom. The van der Waals surface area contributed by atoms with E-state index in [1.165, 1.54) is 0 Å². The maximum Gasteiger partial charge on any atom is 0.251 e. The summed E-state index contributed by atoms with van der Waals surface area (Å²) in [6.07, 6.45) is 1.32. The second-order valence-corrected chi connectivity index (χ2v) is 13.7. The molecule has 5 N–H and O–H groups in total. The van der Waals surface area contributed by atoms with Gasteiger partial charge in [-0.3, -0.25) is 24.0 Å². The minimum Gasteiger partial charge on any atom is -0.491 e. The standard InChI is InChI=1S/C40H49N5O9/c1-26(2)18-34(39(49)43-20-36(46)41-17-16-27-8-12-30(13-9-27)51-22-32-24-53-32)45-40(50)35(19-28-6-4-3-5-7-28)44-37(47)21-42-38(48)29-10-14-31(15-11-29)52-23-33-25-54-33/h3-15,26,32-35H,16-25H2,1-2H3,(H,41,46)(H,42,48)(H,43,49)(H,44,47)(H,45,50). The number of amides is 5. The highest BCUT2D eigenvalue weighted by atomic mass is 16.6. The molecule has 3 aromatic rings. The molecule has 5 amide bonds. The van der Waals surface area contributed by atoms with E-state index < -0.39 is 35.7 Å². The van der Waals surface area contributed by atoms with Gasteiger partial charge in [0.2, 0.25) is 23.6 Å². The van der Waals surface area contributed by atoms with Gasteiger partial charge in [0, 0.05) is 18.5 Å². The normalized spacial score (nSPS) is 16.6. The molecule has 2 saturated heterocycles. The third kappa shape index (κ3) is 14.2. The zero-order chi connectivity index (χ0) is 38.3. The molecule has 2 aliphatic heterocycles. The first-order valence-electron chi connectivity index (χ1n) is 18.3. The molecule has 4 unspecified atom stereocenters. The Kier molecular flexibility index (Phi) is 14.8. The monoisotopic (exact) mass is 743 g/mol. The van der Waals surface area contributed by atoms with Crippen LogP contribution in [-0.4, -0.2) is 99.9 Å². The molecule has 2 fully saturated rings. The summed E-state index contributed by atoms with van der Waals surface area (Å²) >= 11 is 0. The highest BCUT2D eigenvalue weighted by Gasteiger charge is 2.28. The van der Waals surface area contributed by atoms with E-state index in [4.69, 9.17) is 18.9 Å². The molecule has 5 rings (SSSR count). The molecule has 0 spiro atoms. The van der Waals surface area contributed by atoms with Crippen LogP contribution < -0.4 is 36.1 Å². The summed E-state index contributed by atoms with van der Waals surface area (Å²) in [6.45, 7) is 5.92. The van der Waals surface area contributed by atoms with Crippen LogP contribution in [0.2, 0.25) is 0 Å². The molecule has 0 bridgehead atoms. The van der Waals surface area contributed by atoms with Crippen LogP contribution in [0.25, 0.3) is 0 Å². The summed E-state index contributed by atoms with van der Waals surface area (Å²) in [6, 6.07) is 21.2. The zero-order valence-corrected chi connectivity index (χ0v) is 30.6. The Bertz CT molecular complexity index is 1690. The average Bonchev–Trinajstić information content (AvgIpc) is 4.11. The first-order valence-corrected chi connectivity index (χ1v) is 18.3. The van der Waals surface area contributed by atoms with Crippen LogP contribution in [-0.2, 0) is 41.5 Å². The van der Waals surface area contributed by atoms with Gasteiger partial charge in [-0.05, 0) is 66.3 Å². The lowest BCUT2D eigenvalue weighted by Crippen LogP contribution is -2.56. The summed E-state index contributed by atoms with van der Waals surface area (Å²) in [4.78, 5) is 65.3. The second kappa shape index (κ2) is 20.1. The van der Waals surface area contributed by atoms with E-state index in [1.54, 1.807) is 24.3 Å². The van der Waals surface area contributed by atoms with E-state index in [-0.39, 0.29) is 43.5 Å². The predicted molar refractivity (Wildman–Crippen MR) is 199 cm³/mol. The average molecular weight is 744 g/mol. The number of benzene rings is 3. The van der Waals surface area contributed by atoms with Crippen molar-refractivity contribution < 1.29 is 42.9 Å². The second-order valence-electron chi connectivity index (χ2n) is 13.7. The summed E-state index contributed by atoms with van der Waals surface area (Å²) in [7, 11) is 0. The van der Waals surface area contributed by atoms with Crippen molar-refractivity contribution in [1.29, 1.82) is 0 Å². The van der Waals surface area contributed by atoms with E-state index in [1.807, 2.05) is 68.4 Å². The Labute approximate surface area is 315 Å². The van der Waals surface area contributed by atoms with Crippen molar-refractivity contribution >= 4 is 29.5 Å². The van der Waals surface area contributed by atoms with Gasteiger partial charge in [0.25, 0.3) is 5.91 Å². The third-order valence-corrected chi connectivity index (χ3v) is 8.56. The van der Waals surface area contributed by atoms with Crippen LogP contribution in [0.3, 0.4) is 0 Å². The van der Waals surface area contributed by atoms with Gasteiger partial charge >= 0.3 is 0 Å².